The fourth-order valence-electron chi connectivity index (χ4n) is 1.62. The van der Waals surface area contributed by atoms with Crippen LogP contribution in [0.1, 0.15) is 46.0 Å². The Hall–Kier alpha value is -0.530. The molecule has 1 saturated heterocycles. The molecule has 2 heteroatoms. The molecule has 0 aliphatic carbocycles. The molecule has 2 atom stereocenters. The fourth-order valence-corrected chi connectivity index (χ4v) is 1.62. The number of carbonyl (C=O) groups is 1. The molecule has 0 amide bonds. The van der Waals surface area contributed by atoms with E-state index in [9.17, 15) is 4.79 Å². The van der Waals surface area contributed by atoms with Crippen molar-refractivity contribution in [2.75, 3.05) is 0 Å². The van der Waals surface area contributed by atoms with Crippen LogP contribution in [-0.4, -0.2) is 12.1 Å². The van der Waals surface area contributed by atoms with Gasteiger partial charge in [-0.3, -0.25) is 4.79 Å². The highest BCUT2D eigenvalue weighted by Crippen LogP contribution is 2.24. The second kappa shape index (κ2) is 4.48. The lowest BCUT2D eigenvalue weighted by Crippen LogP contribution is -2.06. The molecular formula is C10H18O2. The van der Waals surface area contributed by atoms with Gasteiger partial charge >= 0.3 is 5.97 Å². The highest BCUT2D eigenvalue weighted by molar-refractivity contribution is 5.74. The van der Waals surface area contributed by atoms with Crippen LogP contribution in [0.2, 0.25) is 0 Å². The average Bonchev–Trinajstić information content (AvgIpc) is 2.32. The molecule has 70 valence electrons. The zero-order valence-corrected chi connectivity index (χ0v) is 8.01. The van der Waals surface area contributed by atoms with E-state index in [0.29, 0.717) is 0 Å². The number of carbonyl (C=O) groups excluding carboxylic acids is 1. The maximum atomic E-state index is 11.0. The first-order valence-electron chi connectivity index (χ1n) is 4.94. The molecule has 1 rings (SSSR count). The Morgan fingerprint density at radius 3 is 2.75 bits per heavy atom. The van der Waals surface area contributed by atoms with Gasteiger partial charge in [0, 0.05) is 0 Å². The highest BCUT2D eigenvalue weighted by Gasteiger charge is 2.29. The van der Waals surface area contributed by atoms with Crippen molar-refractivity contribution in [2.24, 2.45) is 5.92 Å². The van der Waals surface area contributed by atoms with Gasteiger partial charge in [-0.25, -0.2) is 0 Å². The van der Waals surface area contributed by atoms with E-state index in [1.54, 1.807) is 0 Å². The summed E-state index contributed by atoms with van der Waals surface area (Å²) >= 11 is 0. The van der Waals surface area contributed by atoms with E-state index in [4.69, 9.17) is 4.74 Å². The van der Waals surface area contributed by atoms with Crippen LogP contribution in [0.4, 0.5) is 0 Å². The maximum absolute atomic E-state index is 11.0. The Morgan fingerprint density at radius 1 is 1.50 bits per heavy atom. The lowest BCUT2D eigenvalue weighted by molar-refractivity contribution is -0.144. The molecule has 0 aromatic rings. The molecule has 1 aliphatic rings. The number of hydrogen-bond donors (Lipinski definition) is 0. The van der Waals surface area contributed by atoms with Gasteiger partial charge in [0.2, 0.25) is 0 Å². The number of esters is 1. The second-order valence-electron chi connectivity index (χ2n) is 3.69. The van der Waals surface area contributed by atoms with Gasteiger partial charge in [0.1, 0.15) is 6.10 Å². The Bertz CT molecular complexity index is 154. The first kappa shape index (κ1) is 9.56. The Kier molecular flexibility index (Phi) is 3.57. The third-order valence-electron chi connectivity index (χ3n) is 2.43. The predicted molar refractivity (Wildman–Crippen MR) is 47.8 cm³/mol. The smallest absolute Gasteiger partial charge is 0.309 e. The molecule has 2 nitrogen and oxygen atoms in total. The molecule has 0 bridgehead atoms. The number of ether oxygens (including phenoxy) is 1. The van der Waals surface area contributed by atoms with Crippen LogP contribution in [0.3, 0.4) is 0 Å². The van der Waals surface area contributed by atoms with Gasteiger partial charge < -0.3 is 4.74 Å². The van der Waals surface area contributed by atoms with Crippen LogP contribution >= 0.6 is 0 Å². The van der Waals surface area contributed by atoms with Crippen molar-refractivity contribution in [2.45, 2.75) is 52.1 Å². The molecule has 0 unspecified atom stereocenters. The maximum Gasteiger partial charge on any atom is 0.309 e. The van der Waals surface area contributed by atoms with Gasteiger partial charge in [0.25, 0.3) is 0 Å². The first-order valence-corrected chi connectivity index (χ1v) is 4.94. The van der Waals surface area contributed by atoms with Gasteiger partial charge in [-0.05, 0) is 19.3 Å². The van der Waals surface area contributed by atoms with E-state index in [-0.39, 0.29) is 18.0 Å². The normalized spacial score (nSPS) is 29.0. The zero-order valence-electron chi connectivity index (χ0n) is 8.01. The third kappa shape index (κ3) is 2.50. The van der Waals surface area contributed by atoms with Crippen molar-refractivity contribution >= 4 is 5.97 Å². The molecule has 1 aliphatic heterocycles. The van der Waals surface area contributed by atoms with Crippen LogP contribution in [0.15, 0.2) is 0 Å². The van der Waals surface area contributed by atoms with Crippen LogP contribution in [0.5, 0.6) is 0 Å². The highest BCUT2D eigenvalue weighted by atomic mass is 16.5. The minimum absolute atomic E-state index is 0.00324. The third-order valence-corrected chi connectivity index (χ3v) is 2.43. The van der Waals surface area contributed by atoms with Crippen LogP contribution in [-0.2, 0) is 9.53 Å². The Balaban J connectivity index is 2.14. The Labute approximate surface area is 74.3 Å². The van der Waals surface area contributed by atoms with Crippen LogP contribution in [0, 0.1) is 5.92 Å². The summed E-state index contributed by atoms with van der Waals surface area (Å²) in [5.74, 6) is 0.133. The second-order valence-corrected chi connectivity index (χ2v) is 3.69. The van der Waals surface area contributed by atoms with Crippen molar-refractivity contribution in [1.82, 2.24) is 0 Å². The van der Waals surface area contributed by atoms with Crippen molar-refractivity contribution in [1.29, 1.82) is 0 Å². The lowest BCUT2D eigenvalue weighted by Gasteiger charge is -2.07. The van der Waals surface area contributed by atoms with Crippen molar-refractivity contribution in [3.63, 3.8) is 0 Å². The molecule has 0 radical (unpaired) electrons. The summed E-state index contributed by atoms with van der Waals surface area (Å²) in [4.78, 5) is 11.0. The van der Waals surface area contributed by atoms with Gasteiger partial charge in [-0.2, -0.15) is 0 Å². The van der Waals surface area contributed by atoms with Gasteiger partial charge in [0.15, 0.2) is 0 Å². The van der Waals surface area contributed by atoms with E-state index in [0.717, 1.165) is 12.8 Å². The summed E-state index contributed by atoms with van der Waals surface area (Å²) in [5, 5.41) is 0. The van der Waals surface area contributed by atoms with E-state index < -0.39 is 0 Å². The molecular weight excluding hydrogens is 152 g/mol. The van der Waals surface area contributed by atoms with Crippen molar-refractivity contribution < 1.29 is 9.53 Å². The minimum Gasteiger partial charge on any atom is -0.462 e. The number of cyclic esters (lactones) is 1. The summed E-state index contributed by atoms with van der Waals surface area (Å²) < 4.78 is 5.18. The summed E-state index contributed by atoms with van der Waals surface area (Å²) in [6.45, 7) is 4.13. The minimum atomic E-state index is -0.00324. The van der Waals surface area contributed by atoms with Crippen LogP contribution < -0.4 is 0 Å². The predicted octanol–water partition coefficient (Wildman–Crippen LogP) is 2.52. The quantitative estimate of drug-likeness (QED) is 0.478. The van der Waals surface area contributed by atoms with Crippen molar-refractivity contribution in [3.05, 3.63) is 0 Å². The van der Waals surface area contributed by atoms with Gasteiger partial charge in [-0.15, -0.1) is 0 Å². The molecule has 0 spiro atoms. The number of rotatable bonds is 4. The van der Waals surface area contributed by atoms with E-state index in [2.05, 4.69) is 6.92 Å². The van der Waals surface area contributed by atoms with Crippen molar-refractivity contribution in [3.8, 4) is 0 Å². The zero-order chi connectivity index (χ0) is 8.97. The molecule has 0 saturated carbocycles. The number of unbranched alkanes of at least 4 members (excludes halogenated alkanes) is 2. The summed E-state index contributed by atoms with van der Waals surface area (Å²) in [5.41, 5.74) is 0. The van der Waals surface area contributed by atoms with Crippen LogP contribution in [0.25, 0.3) is 0 Å². The first-order chi connectivity index (χ1) is 5.74. The molecule has 1 fully saturated rings. The number of hydrogen-bond acceptors (Lipinski definition) is 2. The fraction of sp³-hybridized carbons (Fsp3) is 0.900. The monoisotopic (exact) mass is 170 g/mol. The van der Waals surface area contributed by atoms with E-state index in [1.807, 2.05) is 6.92 Å². The SMILES string of the molecule is CCCCC[C@H]1C[C@@H](C)C(=O)O1. The topological polar surface area (TPSA) is 26.3 Å². The summed E-state index contributed by atoms with van der Waals surface area (Å²) in [6, 6.07) is 0. The summed E-state index contributed by atoms with van der Waals surface area (Å²) in [6.07, 6.45) is 5.89. The molecule has 0 aromatic heterocycles. The lowest BCUT2D eigenvalue weighted by atomic mass is 10.0. The molecule has 0 aromatic carbocycles. The largest absolute Gasteiger partial charge is 0.462 e. The molecule has 1 heterocycles. The molecule has 12 heavy (non-hydrogen) atoms. The average molecular weight is 170 g/mol. The summed E-state index contributed by atoms with van der Waals surface area (Å²) in [7, 11) is 0. The Morgan fingerprint density at radius 2 is 2.25 bits per heavy atom. The van der Waals surface area contributed by atoms with E-state index in [1.165, 1.54) is 19.3 Å². The van der Waals surface area contributed by atoms with Gasteiger partial charge in [-0.1, -0.05) is 26.7 Å². The molecule has 0 N–H and O–H groups in total. The standard InChI is InChI=1S/C10H18O2/c1-3-4-5-6-9-7-8(2)10(11)12-9/h8-9H,3-7H2,1-2H3/t8-,9+/m1/s1. The van der Waals surface area contributed by atoms with Gasteiger partial charge in [0.05, 0.1) is 5.92 Å². The van der Waals surface area contributed by atoms with E-state index >= 15 is 0 Å².